The molecule has 2 aromatic rings. The van der Waals surface area contributed by atoms with Crippen molar-refractivity contribution >= 4 is 23.5 Å². The van der Waals surface area contributed by atoms with E-state index in [1.165, 1.54) is 11.1 Å². The summed E-state index contributed by atoms with van der Waals surface area (Å²) >= 11 is 0. The van der Waals surface area contributed by atoms with Gasteiger partial charge in [-0.3, -0.25) is 24.0 Å². The maximum Gasteiger partial charge on any atom is 0.257 e. The summed E-state index contributed by atoms with van der Waals surface area (Å²) in [4.78, 5) is 33.0. The van der Waals surface area contributed by atoms with Gasteiger partial charge in [0.1, 0.15) is 0 Å². The van der Waals surface area contributed by atoms with Crippen LogP contribution in [0.5, 0.6) is 0 Å². The largest absolute Gasteiger partial charge is 0.388 e. The number of carbonyl (C=O) groups excluding carboxylic acids is 1. The van der Waals surface area contributed by atoms with E-state index in [1.54, 1.807) is 56.1 Å². The first-order valence-electron chi connectivity index (χ1n) is 13.7. The number of rotatable bonds is 9. The second-order valence-corrected chi connectivity index (χ2v) is 9.72. The maximum atomic E-state index is 12.7. The number of pyridine rings is 1. The lowest BCUT2D eigenvalue weighted by atomic mass is 9.88. The van der Waals surface area contributed by atoms with Gasteiger partial charge in [-0.1, -0.05) is 44.2 Å². The van der Waals surface area contributed by atoms with Crippen LogP contribution in [0.1, 0.15) is 55.5 Å². The molecule has 1 aliphatic rings. The summed E-state index contributed by atoms with van der Waals surface area (Å²) in [6.07, 6.45) is 9.47. The molecule has 7 heteroatoms. The van der Waals surface area contributed by atoms with Crippen molar-refractivity contribution in [1.29, 1.82) is 0 Å². The second kappa shape index (κ2) is 15.6. The minimum atomic E-state index is -0.129. The molecule has 0 spiro atoms. The molecule has 0 atom stereocenters. The van der Waals surface area contributed by atoms with Gasteiger partial charge in [0.05, 0.1) is 5.70 Å². The van der Waals surface area contributed by atoms with Crippen molar-refractivity contribution in [3.05, 3.63) is 94.0 Å². The van der Waals surface area contributed by atoms with Crippen LogP contribution in [0.2, 0.25) is 0 Å². The standard InChI is InChI=1S/C30H39N5O2.C2H6/c1-22(19-23(2)28(11-15-31-3)35-18-14-27(32-4)20-29(35)36)21-34-16-12-25(13-17-34)24-7-9-26(10-8-24)30(37)33(5)6;1-2/h7-11,14-15,18-20,25,32H,2,12-13,16-17,21H2,1,3-6H3;1-2H3/b22-19+,28-11+,31-15?;. The second-order valence-electron chi connectivity index (χ2n) is 9.72. The lowest BCUT2D eigenvalue weighted by Gasteiger charge is -2.32. The van der Waals surface area contributed by atoms with Gasteiger partial charge < -0.3 is 10.2 Å². The Balaban J connectivity index is 0.00000260. The Hall–Kier alpha value is -3.71. The number of aliphatic imine (C=N–C) groups is 1. The average molecular weight is 532 g/mol. The highest BCUT2D eigenvalue weighted by Crippen LogP contribution is 2.29. The summed E-state index contributed by atoms with van der Waals surface area (Å²) in [6.45, 7) is 13.2. The normalized spacial score (nSPS) is 15.1. The van der Waals surface area contributed by atoms with Gasteiger partial charge in [-0.2, -0.15) is 0 Å². The van der Waals surface area contributed by atoms with E-state index in [0.717, 1.165) is 49.3 Å². The van der Waals surface area contributed by atoms with E-state index in [2.05, 4.69) is 46.9 Å². The van der Waals surface area contributed by atoms with Gasteiger partial charge in [-0.25, -0.2) is 0 Å². The Morgan fingerprint density at radius 3 is 2.33 bits per heavy atom. The number of carbonyl (C=O) groups is 1. The molecule has 1 aromatic carbocycles. The van der Waals surface area contributed by atoms with Gasteiger partial charge in [-0.15, -0.1) is 0 Å². The molecule has 0 bridgehead atoms. The minimum Gasteiger partial charge on any atom is -0.388 e. The molecule has 1 aromatic heterocycles. The minimum absolute atomic E-state index is 0.0325. The Morgan fingerprint density at radius 1 is 1.15 bits per heavy atom. The number of nitrogens with zero attached hydrogens (tertiary/aromatic N) is 4. The van der Waals surface area contributed by atoms with E-state index in [0.29, 0.717) is 11.6 Å². The van der Waals surface area contributed by atoms with Gasteiger partial charge in [0.2, 0.25) is 0 Å². The summed E-state index contributed by atoms with van der Waals surface area (Å²) in [5, 5.41) is 2.99. The number of hydrogen-bond acceptors (Lipinski definition) is 5. The third-order valence-electron chi connectivity index (χ3n) is 6.69. The Labute approximate surface area is 234 Å². The average Bonchev–Trinajstić information content (AvgIpc) is 2.95. The highest BCUT2D eigenvalue weighted by atomic mass is 16.2. The van der Waals surface area contributed by atoms with Crippen LogP contribution in [0.3, 0.4) is 0 Å². The molecule has 1 amide bonds. The molecule has 2 heterocycles. The van der Waals surface area contributed by atoms with Crippen molar-refractivity contribution in [2.75, 3.05) is 53.1 Å². The van der Waals surface area contributed by atoms with Crippen LogP contribution in [0.15, 0.2) is 82.3 Å². The first kappa shape index (κ1) is 31.5. The maximum absolute atomic E-state index is 12.7. The summed E-state index contributed by atoms with van der Waals surface area (Å²) in [5.74, 6) is 0.541. The fraction of sp³-hybridized carbons (Fsp3) is 0.406. The van der Waals surface area contributed by atoms with Gasteiger partial charge in [0.15, 0.2) is 0 Å². The number of piperidine rings is 1. The van der Waals surface area contributed by atoms with Crippen molar-refractivity contribution in [2.45, 2.75) is 39.5 Å². The van der Waals surface area contributed by atoms with Crippen molar-refractivity contribution in [3.8, 4) is 0 Å². The van der Waals surface area contributed by atoms with Gasteiger partial charge in [0.25, 0.3) is 11.5 Å². The summed E-state index contributed by atoms with van der Waals surface area (Å²) < 4.78 is 1.59. The Bertz CT molecular complexity index is 1240. The number of amides is 1. The van der Waals surface area contributed by atoms with E-state index in [4.69, 9.17) is 0 Å². The number of allylic oxidation sites excluding steroid dienone is 4. The molecule has 7 nitrogen and oxygen atoms in total. The number of hydrogen-bond donors (Lipinski definition) is 1. The summed E-state index contributed by atoms with van der Waals surface area (Å²) in [5.41, 5.74) is 5.32. The quantitative estimate of drug-likeness (QED) is 0.341. The van der Waals surface area contributed by atoms with Gasteiger partial charge in [-0.05, 0) is 74.2 Å². The predicted octanol–water partition coefficient (Wildman–Crippen LogP) is 5.54. The lowest BCUT2D eigenvalue weighted by molar-refractivity contribution is 0.0827. The predicted molar refractivity (Wildman–Crippen MR) is 166 cm³/mol. The zero-order valence-corrected chi connectivity index (χ0v) is 24.7. The molecule has 1 fully saturated rings. The number of likely N-dealkylation sites (tertiary alicyclic amines) is 1. The van der Waals surface area contributed by atoms with Crippen molar-refractivity contribution in [2.24, 2.45) is 4.99 Å². The molecular weight excluding hydrogens is 486 g/mol. The van der Waals surface area contributed by atoms with Crippen molar-refractivity contribution in [1.82, 2.24) is 14.4 Å². The van der Waals surface area contributed by atoms with Crippen molar-refractivity contribution < 1.29 is 4.79 Å². The fourth-order valence-electron chi connectivity index (χ4n) is 4.67. The van der Waals surface area contributed by atoms with Crippen LogP contribution in [0.25, 0.3) is 5.70 Å². The zero-order chi connectivity index (χ0) is 28.9. The number of benzene rings is 1. The molecule has 1 saturated heterocycles. The van der Waals surface area contributed by atoms with Gasteiger partial charge >= 0.3 is 0 Å². The summed E-state index contributed by atoms with van der Waals surface area (Å²) in [7, 11) is 7.04. The SMILES string of the molecule is C=C(/C=C(\C)CN1CCC(c2ccc(C(=O)N(C)C)cc2)CC1)/C(=C\C=NC)n1ccc(NC)cc1=O.CC. The lowest BCUT2D eigenvalue weighted by Crippen LogP contribution is -2.34. The molecule has 0 aliphatic carbocycles. The number of aromatic nitrogens is 1. The number of nitrogens with one attached hydrogen (secondary N) is 1. The fourth-order valence-corrected chi connectivity index (χ4v) is 4.67. The Morgan fingerprint density at radius 2 is 1.79 bits per heavy atom. The zero-order valence-electron chi connectivity index (χ0n) is 24.7. The van der Waals surface area contributed by atoms with E-state index in [1.807, 2.05) is 38.1 Å². The molecule has 1 N–H and O–H groups in total. The molecule has 210 valence electrons. The van der Waals surface area contributed by atoms with Crippen molar-refractivity contribution in [3.63, 3.8) is 0 Å². The first-order chi connectivity index (χ1) is 18.7. The molecule has 1 aliphatic heterocycles. The molecular formula is C32H45N5O2. The molecule has 0 saturated carbocycles. The summed E-state index contributed by atoms with van der Waals surface area (Å²) in [6, 6.07) is 11.5. The third-order valence-corrected chi connectivity index (χ3v) is 6.69. The van der Waals surface area contributed by atoms with Crippen LogP contribution in [0.4, 0.5) is 5.69 Å². The molecule has 3 rings (SSSR count). The number of anilines is 1. The first-order valence-corrected chi connectivity index (χ1v) is 13.7. The third kappa shape index (κ3) is 8.93. The van der Waals surface area contributed by atoms with E-state index < -0.39 is 0 Å². The topological polar surface area (TPSA) is 69.9 Å². The molecule has 0 unspecified atom stereocenters. The highest BCUT2D eigenvalue weighted by molar-refractivity contribution is 5.93. The van der Waals surface area contributed by atoms with Crippen LogP contribution < -0.4 is 10.9 Å². The van der Waals surface area contributed by atoms with Crippen LogP contribution in [0, 0.1) is 0 Å². The molecule has 39 heavy (non-hydrogen) atoms. The van der Waals surface area contributed by atoms with Crippen LogP contribution >= 0.6 is 0 Å². The monoisotopic (exact) mass is 531 g/mol. The Kier molecular flexibility index (Phi) is 12.6. The van der Waals surface area contributed by atoms with E-state index in [-0.39, 0.29) is 11.5 Å². The van der Waals surface area contributed by atoms with Crippen LogP contribution in [-0.2, 0) is 0 Å². The van der Waals surface area contributed by atoms with E-state index in [9.17, 15) is 9.59 Å². The molecule has 0 radical (unpaired) electrons. The van der Waals surface area contributed by atoms with Crippen LogP contribution in [-0.4, -0.2) is 74.3 Å². The smallest absolute Gasteiger partial charge is 0.257 e. The van der Waals surface area contributed by atoms with E-state index >= 15 is 0 Å². The highest BCUT2D eigenvalue weighted by Gasteiger charge is 2.21. The van der Waals surface area contributed by atoms with Gasteiger partial charge in [0, 0.05) is 64.5 Å².